The third kappa shape index (κ3) is 1.99. The van der Waals surface area contributed by atoms with Crippen molar-refractivity contribution in [1.29, 1.82) is 0 Å². The Morgan fingerprint density at radius 3 is 2.81 bits per heavy atom. The van der Waals surface area contributed by atoms with E-state index in [4.69, 9.17) is 10.8 Å². The molecule has 1 aromatic heterocycles. The Morgan fingerprint density at radius 1 is 1.38 bits per heavy atom. The smallest absolute Gasteiger partial charge is 0.337 e. The van der Waals surface area contributed by atoms with Gasteiger partial charge in [0.1, 0.15) is 0 Å². The lowest BCUT2D eigenvalue weighted by Crippen LogP contribution is -2.05. The van der Waals surface area contributed by atoms with Crippen LogP contribution in [0.3, 0.4) is 0 Å². The van der Waals surface area contributed by atoms with Crippen LogP contribution < -0.4 is 11.1 Å². The largest absolute Gasteiger partial charge is 0.478 e. The number of para-hydroxylation sites is 1. The maximum absolute atomic E-state index is 11.0. The maximum atomic E-state index is 11.0. The number of thiophene rings is 1. The average Bonchev–Trinajstić information content (AvgIpc) is 2.73. The van der Waals surface area contributed by atoms with Crippen molar-refractivity contribution in [3.63, 3.8) is 0 Å². The number of nitrogen functional groups attached to an aromatic ring is 1. The fraction of sp³-hybridized carbons (Fsp3) is 0. The molecule has 2 rings (SSSR count). The van der Waals surface area contributed by atoms with E-state index in [2.05, 4.69) is 5.32 Å². The predicted molar refractivity (Wildman–Crippen MR) is 65.4 cm³/mol. The number of nitrogens with one attached hydrogen (secondary N) is 1. The maximum Gasteiger partial charge on any atom is 0.337 e. The second-order valence-electron chi connectivity index (χ2n) is 3.21. The van der Waals surface area contributed by atoms with E-state index in [1.54, 1.807) is 12.1 Å². The summed E-state index contributed by atoms with van der Waals surface area (Å²) in [7, 11) is 0. The lowest BCUT2D eigenvalue weighted by molar-refractivity contribution is 0.0698. The van der Waals surface area contributed by atoms with Gasteiger partial charge in [-0.1, -0.05) is 6.07 Å². The molecular weight excluding hydrogens is 224 g/mol. The first-order chi connectivity index (χ1) is 7.68. The van der Waals surface area contributed by atoms with Gasteiger partial charge in [-0.25, -0.2) is 4.79 Å². The Bertz CT molecular complexity index is 509. The Morgan fingerprint density at radius 2 is 2.19 bits per heavy atom. The molecular formula is C11H10N2O2S. The number of carbonyl (C=O) groups is 1. The van der Waals surface area contributed by atoms with Crippen LogP contribution in [0.15, 0.2) is 35.0 Å². The zero-order chi connectivity index (χ0) is 11.5. The van der Waals surface area contributed by atoms with Gasteiger partial charge in [-0.05, 0) is 23.6 Å². The van der Waals surface area contributed by atoms with Crippen molar-refractivity contribution in [2.24, 2.45) is 0 Å². The van der Waals surface area contributed by atoms with Gasteiger partial charge >= 0.3 is 5.97 Å². The summed E-state index contributed by atoms with van der Waals surface area (Å²) in [5, 5.41) is 15.8. The highest BCUT2D eigenvalue weighted by Crippen LogP contribution is 2.28. The van der Waals surface area contributed by atoms with Crippen molar-refractivity contribution in [3.8, 4) is 0 Å². The Hall–Kier alpha value is -2.01. The molecule has 0 saturated carbocycles. The molecule has 0 spiro atoms. The highest BCUT2D eigenvalue weighted by atomic mass is 32.1. The van der Waals surface area contributed by atoms with Crippen LogP contribution in [0.1, 0.15) is 10.4 Å². The third-order valence-electron chi connectivity index (χ3n) is 2.12. The molecule has 4 N–H and O–H groups in total. The van der Waals surface area contributed by atoms with E-state index in [0.29, 0.717) is 11.4 Å². The molecule has 82 valence electrons. The van der Waals surface area contributed by atoms with Crippen molar-refractivity contribution < 1.29 is 9.90 Å². The van der Waals surface area contributed by atoms with Crippen LogP contribution in [-0.2, 0) is 0 Å². The van der Waals surface area contributed by atoms with Crippen molar-refractivity contribution in [1.82, 2.24) is 0 Å². The van der Waals surface area contributed by atoms with Gasteiger partial charge in [0.2, 0.25) is 0 Å². The summed E-state index contributed by atoms with van der Waals surface area (Å²) in [4.78, 5) is 11.0. The van der Waals surface area contributed by atoms with Gasteiger partial charge in [-0.2, -0.15) is 11.3 Å². The SMILES string of the molecule is Nc1cccc(C(=O)O)c1Nc1ccsc1. The predicted octanol–water partition coefficient (Wildman–Crippen LogP) is 2.77. The number of aromatic carboxylic acids is 1. The fourth-order valence-electron chi connectivity index (χ4n) is 1.37. The molecule has 0 atom stereocenters. The fourth-order valence-corrected chi connectivity index (χ4v) is 1.96. The van der Waals surface area contributed by atoms with E-state index in [0.717, 1.165) is 5.69 Å². The van der Waals surface area contributed by atoms with Gasteiger partial charge in [-0.3, -0.25) is 0 Å². The summed E-state index contributed by atoms with van der Waals surface area (Å²) in [6.45, 7) is 0. The lowest BCUT2D eigenvalue weighted by atomic mass is 10.1. The van der Waals surface area contributed by atoms with Crippen molar-refractivity contribution in [3.05, 3.63) is 40.6 Å². The molecule has 0 bridgehead atoms. The van der Waals surface area contributed by atoms with Gasteiger partial charge in [0.25, 0.3) is 0 Å². The van der Waals surface area contributed by atoms with E-state index in [1.165, 1.54) is 17.4 Å². The molecule has 1 aromatic carbocycles. The molecule has 0 fully saturated rings. The number of hydrogen-bond donors (Lipinski definition) is 3. The summed E-state index contributed by atoms with van der Waals surface area (Å²) in [5.41, 5.74) is 7.62. The third-order valence-corrected chi connectivity index (χ3v) is 2.80. The van der Waals surface area contributed by atoms with Crippen LogP contribution in [0.4, 0.5) is 17.1 Å². The van der Waals surface area contributed by atoms with E-state index in [-0.39, 0.29) is 5.56 Å². The normalized spacial score (nSPS) is 10.0. The van der Waals surface area contributed by atoms with Crippen molar-refractivity contribution in [2.75, 3.05) is 11.1 Å². The zero-order valence-corrected chi connectivity index (χ0v) is 9.12. The van der Waals surface area contributed by atoms with E-state index in [1.807, 2.05) is 16.8 Å². The van der Waals surface area contributed by atoms with Crippen LogP contribution in [0, 0.1) is 0 Å². The number of carboxylic acids is 1. The molecule has 0 aliphatic heterocycles. The molecule has 16 heavy (non-hydrogen) atoms. The monoisotopic (exact) mass is 234 g/mol. The van der Waals surface area contributed by atoms with Crippen LogP contribution in [0.25, 0.3) is 0 Å². The highest BCUT2D eigenvalue weighted by Gasteiger charge is 2.12. The van der Waals surface area contributed by atoms with Crippen molar-refractivity contribution in [2.45, 2.75) is 0 Å². The molecule has 0 saturated heterocycles. The molecule has 0 radical (unpaired) electrons. The first kappa shape index (κ1) is 10.5. The van der Waals surface area contributed by atoms with Crippen LogP contribution in [0.2, 0.25) is 0 Å². The lowest BCUT2D eigenvalue weighted by Gasteiger charge is -2.10. The van der Waals surface area contributed by atoms with Gasteiger partial charge in [0.05, 0.1) is 16.9 Å². The number of hydrogen-bond acceptors (Lipinski definition) is 4. The summed E-state index contributed by atoms with van der Waals surface area (Å²) in [6.07, 6.45) is 0. The summed E-state index contributed by atoms with van der Waals surface area (Å²) in [6, 6.07) is 6.68. The van der Waals surface area contributed by atoms with E-state index >= 15 is 0 Å². The molecule has 1 heterocycles. The summed E-state index contributed by atoms with van der Waals surface area (Å²) in [5.74, 6) is -0.995. The first-order valence-electron chi connectivity index (χ1n) is 4.59. The molecule has 0 aliphatic carbocycles. The van der Waals surface area contributed by atoms with Crippen molar-refractivity contribution >= 4 is 34.4 Å². The topological polar surface area (TPSA) is 75.4 Å². The molecule has 5 heteroatoms. The Labute approximate surface area is 96.3 Å². The second kappa shape index (κ2) is 4.24. The number of rotatable bonds is 3. The molecule has 0 aliphatic rings. The van der Waals surface area contributed by atoms with Crippen LogP contribution in [-0.4, -0.2) is 11.1 Å². The van der Waals surface area contributed by atoms with E-state index < -0.39 is 5.97 Å². The average molecular weight is 234 g/mol. The van der Waals surface area contributed by atoms with Crippen LogP contribution in [0.5, 0.6) is 0 Å². The van der Waals surface area contributed by atoms with E-state index in [9.17, 15) is 4.79 Å². The summed E-state index contributed by atoms with van der Waals surface area (Å²) < 4.78 is 0. The second-order valence-corrected chi connectivity index (χ2v) is 3.99. The quantitative estimate of drug-likeness (QED) is 0.714. The number of benzene rings is 1. The standard InChI is InChI=1S/C11H10N2O2S/c12-9-3-1-2-8(11(14)15)10(9)13-7-4-5-16-6-7/h1-6,13H,12H2,(H,14,15). The highest BCUT2D eigenvalue weighted by molar-refractivity contribution is 7.08. The van der Waals surface area contributed by atoms with Gasteiger partial charge in [-0.15, -0.1) is 0 Å². The minimum absolute atomic E-state index is 0.172. The minimum atomic E-state index is -0.995. The number of carboxylic acid groups (broad SMARTS) is 1. The Balaban J connectivity index is 2.42. The molecule has 4 nitrogen and oxygen atoms in total. The zero-order valence-electron chi connectivity index (χ0n) is 8.31. The molecule has 2 aromatic rings. The Kier molecular flexibility index (Phi) is 2.78. The molecule has 0 unspecified atom stereocenters. The van der Waals surface area contributed by atoms with Crippen LogP contribution >= 0.6 is 11.3 Å². The van der Waals surface area contributed by atoms with Gasteiger partial charge in [0, 0.05) is 11.1 Å². The first-order valence-corrected chi connectivity index (χ1v) is 5.54. The van der Waals surface area contributed by atoms with Gasteiger partial charge in [0.15, 0.2) is 0 Å². The number of anilines is 3. The summed E-state index contributed by atoms with van der Waals surface area (Å²) >= 11 is 1.53. The minimum Gasteiger partial charge on any atom is -0.478 e. The molecule has 0 amide bonds. The van der Waals surface area contributed by atoms with Gasteiger partial charge < -0.3 is 16.2 Å². The number of nitrogens with two attached hydrogens (primary N) is 1.